The van der Waals surface area contributed by atoms with E-state index in [0.717, 1.165) is 42.6 Å². The largest absolute Gasteiger partial charge is 0.404 e. The molecule has 1 aromatic heterocycles. The predicted molar refractivity (Wildman–Crippen MR) is 130 cm³/mol. The van der Waals surface area contributed by atoms with Crippen LogP contribution < -0.4 is 16.8 Å². The number of anilines is 1. The molecule has 0 spiro atoms. The van der Waals surface area contributed by atoms with Crippen molar-refractivity contribution in [3.63, 3.8) is 0 Å². The van der Waals surface area contributed by atoms with E-state index in [-0.39, 0.29) is 11.7 Å². The highest BCUT2D eigenvalue weighted by Crippen LogP contribution is 2.38. The molecular formula is C24H35N7O. The molecule has 0 bridgehead atoms. The molecule has 1 aromatic carbocycles. The van der Waals surface area contributed by atoms with Crippen molar-refractivity contribution in [2.24, 2.45) is 22.4 Å². The highest BCUT2D eigenvalue weighted by molar-refractivity contribution is 6.09. The Bertz CT molecular complexity index is 968. The zero-order valence-corrected chi connectivity index (χ0v) is 19.5. The minimum absolute atomic E-state index is 0.232. The van der Waals surface area contributed by atoms with Gasteiger partial charge in [-0.1, -0.05) is 49.8 Å². The third-order valence-electron chi connectivity index (χ3n) is 6.46. The number of benzene rings is 1. The lowest BCUT2D eigenvalue weighted by atomic mass is 9.72. The molecule has 1 aliphatic heterocycles. The average molecular weight is 438 g/mol. The molecule has 8 heteroatoms. The van der Waals surface area contributed by atoms with Gasteiger partial charge in [0.05, 0.1) is 5.41 Å². The Balaban J connectivity index is 1.82. The van der Waals surface area contributed by atoms with E-state index in [1.807, 2.05) is 12.1 Å². The van der Waals surface area contributed by atoms with Gasteiger partial charge >= 0.3 is 6.01 Å². The van der Waals surface area contributed by atoms with Gasteiger partial charge in [0.2, 0.25) is 0 Å². The van der Waals surface area contributed by atoms with Crippen molar-refractivity contribution in [3.05, 3.63) is 59.8 Å². The van der Waals surface area contributed by atoms with Crippen molar-refractivity contribution >= 4 is 17.8 Å². The van der Waals surface area contributed by atoms with E-state index < -0.39 is 5.41 Å². The van der Waals surface area contributed by atoms with Crippen LogP contribution in [0.1, 0.15) is 50.6 Å². The molecule has 3 rings (SSSR count). The lowest BCUT2D eigenvalue weighted by molar-refractivity contribution is 0.261. The number of likely N-dealkylation sites (tertiary alicyclic amines) is 1. The molecule has 0 saturated carbocycles. The van der Waals surface area contributed by atoms with E-state index in [9.17, 15) is 0 Å². The normalized spacial score (nSPS) is 18.2. The van der Waals surface area contributed by atoms with Crippen LogP contribution in [0.5, 0.6) is 0 Å². The van der Waals surface area contributed by atoms with Gasteiger partial charge < -0.3 is 26.2 Å². The summed E-state index contributed by atoms with van der Waals surface area (Å²) in [5, 5.41) is 7.77. The number of nitrogens with one attached hydrogen (secondary N) is 1. The van der Waals surface area contributed by atoms with Gasteiger partial charge in [0.1, 0.15) is 5.82 Å². The number of aliphatic imine (C=N–C) groups is 1. The Morgan fingerprint density at radius 1 is 1.31 bits per heavy atom. The molecule has 172 valence electrons. The summed E-state index contributed by atoms with van der Waals surface area (Å²) >= 11 is 0. The van der Waals surface area contributed by atoms with Gasteiger partial charge in [-0.25, -0.2) is 4.99 Å². The number of nitrogens with two attached hydrogens (primary N) is 2. The summed E-state index contributed by atoms with van der Waals surface area (Å²) in [5.74, 6) is 1.15. The van der Waals surface area contributed by atoms with Crippen LogP contribution in [0, 0.1) is 5.92 Å². The number of hydrogen-bond donors (Lipinski definition) is 3. The predicted octanol–water partition coefficient (Wildman–Crippen LogP) is 3.34. The Labute approximate surface area is 190 Å². The summed E-state index contributed by atoms with van der Waals surface area (Å²) in [6.45, 7) is 12.2. The van der Waals surface area contributed by atoms with Gasteiger partial charge in [0, 0.05) is 24.0 Å². The van der Waals surface area contributed by atoms with E-state index in [1.54, 1.807) is 6.21 Å². The van der Waals surface area contributed by atoms with Crippen LogP contribution in [0.15, 0.2) is 52.4 Å². The van der Waals surface area contributed by atoms with Crippen LogP contribution in [0.25, 0.3) is 5.57 Å². The number of allylic oxidation sites excluding steroid dienone is 1. The van der Waals surface area contributed by atoms with Crippen LogP contribution in [0.4, 0.5) is 6.01 Å². The minimum atomic E-state index is -0.416. The molecular weight excluding hydrogens is 402 g/mol. The van der Waals surface area contributed by atoms with Crippen molar-refractivity contribution in [1.29, 1.82) is 0 Å². The van der Waals surface area contributed by atoms with E-state index in [4.69, 9.17) is 21.0 Å². The molecule has 0 aliphatic carbocycles. The Kier molecular flexibility index (Phi) is 7.35. The molecule has 5 N–H and O–H groups in total. The van der Waals surface area contributed by atoms with Crippen molar-refractivity contribution in [1.82, 2.24) is 15.0 Å². The smallest absolute Gasteiger partial charge is 0.321 e. The van der Waals surface area contributed by atoms with E-state index in [0.29, 0.717) is 17.9 Å². The molecule has 0 radical (unpaired) electrons. The summed E-state index contributed by atoms with van der Waals surface area (Å²) < 4.78 is 5.60. The third kappa shape index (κ3) is 5.19. The summed E-state index contributed by atoms with van der Waals surface area (Å²) in [4.78, 5) is 11.1. The highest BCUT2D eigenvalue weighted by Gasteiger charge is 2.37. The second kappa shape index (κ2) is 9.99. The highest BCUT2D eigenvalue weighted by atomic mass is 16.5. The molecule has 1 fully saturated rings. The number of nitrogens with zero attached hydrogens (tertiary/aromatic N) is 4. The monoisotopic (exact) mass is 437 g/mol. The molecule has 1 atom stereocenters. The number of aromatic nitrogens is 2. The topological polar surface area (TPSA) is 119 Å². The zero-order valence-electron chi connectivity index (χ0n) is 19.5. The first kappa shape index (κ1) is 23.5. The van der Waals surface area contributed by atoms with Gasteiger partial charge in [0.25, 0.3) is 0 Å². The Hall–Kier alpha value is -3.13. The van der Waals surface area contributed by atoms with E-state index >= 15 is 0 Å². The van der Waals surface area contributed by atoms with E-state index in [2.05, 4.69) is 66.9 Å². The Morgan fingerprint density at radius 2 is 1.97 bits per heavy atom. The van der Waals surface area contributed by atoms with Crippen molar-refractivity contribution in [2.45, 2.75) is 45.1 Å². The second-order valence-corrected chi connectivity index (χ2v) is 8.95. The van der Waals surface area contributed by atoms with Crippen LogP contribution in [0.2, 0.25) is 0 Å². The molecule has 32 heavy (non-hydrogen) atoms. The SMILES string of the molecule is C=C(N)/N=C\C(=C/N)c1ccc(C(C)(c2noc(NC3CCN(C)CC3)n2)C(C)C)cc1. The fraction of sp³-hybridized carbons (Fsp3) is 0.458. The summed E-state index contributed by atoms with van der Waals surface area (Å²) in [5.41, 5.74) is 13.7. The van der Waals surface area contributed by atoms with Gasteiger partial charge in [-0.15, -0.1) is 0 Å². The van der Waals surface area contributed by atoms with Crippen molar-refractivity contribution in [3.8, 4) is 0 Å². The summed E-state index contributed by atoms with van der Waals surface area (Å²) in [7, 11) is 2.15. The lowest BCUT2D eigenvalue weighted by Gasteiger charge is -2.31. The van der Waals surface area contributed by atoms with Gasteiger partial charge in [0.15, 0.2) is 5.82 Å². The molecule has 2 heterocycles. The van der Waals surface area contributed by atoms with Crippen molar-refractivity contribution in [2.75, 3.05) is 25.5 Å². The summed E-state index contributed by atoms with van der Waals surface area (Å²) in [6.07, 6.45) is 5.24. The molecule has 8 nitrogen and oxygen atoms in total. The fourth-order valence-corrected chi connectivity index (χ4v) is 3.92. The van der Waals surface area contributed by atoms with Crippen LogP contribution in [-0.2, 0) is 5.41 Å². The van der Waals surface area contributed by atoms with Gasteiger partial charge in [-0.05, 0) is 56.9 Å². The molecule has 1 unspecified atom stereocenters. The molecule has 1 aliphatic rings. The first-order valence-corrected chi connectivity index (χ1v) is 11.0. The quantitative estimate of drug-likeness (QED) is 0.542. The molecule has 2 aromatic rings. The third-order valence-corrected chi connectivity index (χ3v) is 6.46. The maximum Gasteiger partial charge on any atom is 0.321 e. The van der Waals surface area contributed by atoms with Gasteiger partial charge in [-0.2, -0.15) is 4.98 Å². The molecule has 0 amide bonds. The minimum Gasteiger partial charge on any atom is -0.404 e. The van der Waals surface area contributed by atoms with Gasteiger partial charge in [-0.3, -0.25) is 0 Å². The number of piperidine rings is 1. The van der Waals surface area contributed by atoms with Crippen LogP contribution >= 0.6 is 0 Å². The summed E-state index contributed by atoms with van der Waals surface area (Å²) in [6, 6.07) is 9.02. The van der Waals surface area contributed by atoms with Crippen LogP contribution in [-0.4, -0.2) is 47.4 Å². The fourth-order valence-electron chi connectivity index (χ4n) is 3.92. The van der Waals surface area contributed by atoms with Crippen molar-refractivity contribution < 1.29 is 4.52 Å². The standard InChI is InChI=1S/C24H35N7O/c1-16(2)24(4,20-8-6-18(7-9-20)19(14-25)15-27-17(3)26)22-29-23(32-30-22)28-21-10-12-31(5)13-11-21/h6-9,14-16,21H,3,10-13,25-26H2,1-2,4-5H3,(H,28,29,30)/b19-14+,27-15-. The number of rotatable bonds is 8. The molecule has 1 saturated heterocycles. The number of hydrogen-bond acceptors (Lipinski definition) is 8. The maximum absolute atomic E-state index is 5.78. The van der Waals surface area contributed by atoms with E-state index in [1.165, 1.54) is 6.20 Å². The van der Waals surface area contributed by atoms with Crippen LogP contribution in [0.3, 0.4) is 0 Å². The average Bonchev–Trinajstić information content (AvgIpc) is 3.24. The second-order valence-electron chi connectivity index (χ2n) is 8.95. The zero-order chi connectivity index (χ0) is 23.3. The first-order valence-electron chi connectivity index (χ1n) is 11.0. The maximum atomic E-state index is 5.78. The lowest BCUT2D eigenvalue weighted by Crippen LogP contribution is -2.36. The Morgan fingerprint density at radius 3 is 2.53 bits per heavy atom. The first-order chi connectivity index (χ1) is 15.2.